The third-order valence-corrected chi connectivity index (χ3v) is 8.63. The second kappa shape index (κ2) is 12.5. The number of halogens is 3. The Morgan fingerprint density at radius 2 is 1.84 bits per heavy atom. The SMILES string of the molecule is CCC1CN(C(=O)Cc2cnc(CN3CCN(CC)CC3)c(C(F)(F)F)c2)Cc2cc(Oc3ccnc4[nH]ccc34)cnc21. The minimum absolute atomic E-state index is 0.00121. The predicted molar refractivity (Wildman–Crippen MR) is 159 cm³/mol. The molecule has 0 bridgehead atoms. The van der Waals surface area contributed by atoms with E-state index in [0.717, 1.165) is 48.8 Å². The lowest BCUT2D eigenvalue weighted by Crippen LogP contribution is -2.45. The van der Waals surface area contributed by atoms with Gasteiger partial charge in [-0.15, -0.1) is 0 Å². The molecule has 0 aliphatic carbocycles. The first kappa shape index (κ1) is 30.0. The zero-order chi connectivity index (χ0) is 30.8. The molecule has 4 aromatic rings. The van der Waals surface area contributed by atoms with Gasteiger partial charge in [0.05, 0.1) is 35.0 Å². The predicted octanol–water partition coefficient (Wildman–Crippen LogP) is 5.38. The fourth-order valence-corrected chi connectivity index (χ4v) is 6.10. The number of pyridine rings is 3. The number of H-pyrrole nitrogens is 1. The Morgan fingerprint density at radius 1 is 1.05 bits per heavy atom. The summed E-state index contributed by atoms with van der Waals surface area (Å²) in [5.74, 6) is 0.927. The van der Waals surface area contributed by atoms with Crippen LogP contribution in [0.4, 0.5) is 13.2 Å². The number of hydrogen-bond donors (Lipinski definition) is 1. The summed E-state index contributed by atoms with van der Waals surface area (Å²) in [5, 5.41) is 0.838. The van der Waals surface area contributed by atoms with Crippen LogP contribution in [-0.4, -0.2) is 79.8 Å². The third-order valence-electron chi connectivity index (χ3n) is 8.63. The van der Waals surface area contributed by atoms with Crippen LogP contribution in [0.2, 0.25) is 0 Å². The van der Waals surface area contributed by atoms with E-state index in [2.05, 4.69) is 26.8 Å². The first-order valence-corrected chi connectivity index (χ1v) is 15.1. The van der Waals surface area contributed by atoms with Crippen molar-refractivity contribution in [1.82, 2.24) is 34.6 Å². The molecule has 6 heterocycles. The highest BCUT2D eigenvalue weighted by molar-refractivity contribution is 5.82. The summed E-state index contributed by atoms with van der Waals surface area (Å²) >= 11 is 0. The lowest BCUT2D eigenvalue weighted by Gasteiger charge is -2.34. The van der Waals surface area contributed by atoms with Crippen LogP contribution in [0.5, 0.6) is 11.5 Å². The largest absolute Gasteiger partial charge is 0.455 e. The molecule has 0 spiro atoms. The highest BCUT2D eigenvalue weighted by atomic mass is 19.4. The highest BCUT2D eigenvalue weighted by Gasteiger charge is 2.36. The Hall–Kier alpha value is -4.03. The number of amides is 1. The summed E-state index contributed by atoms with van der Waals surface area (Å²) in [5.41, 5.74) is 1.97. The Labute approximate surface area is 254 Å². The molecule has 0 radical (unpaired) electrons. The number of nitrogens with zero attached hydrogens (tertiary/aromatic N) is 6. The number of rotatable bonds is 8. The Morgan fingerprint density at radius 3 is 2.59 bits per heavy atom. The molecule has 0 saturated carbocycles. The van der Waals surface area contributed by atoms with Crippen LogP contribution in [0.15, 0.2) is 49.1 Å². The van der Waals surface area contributed by atoms with E-state index >= 15 is 0 Å². The van der Waals surface area contributed by atoms with Crippen molar-refractivity contribution in [1.29, 1.82) is 0 Å². The van der Waals surface area contributed by atoms with E-state index in [0.29, 0.717) is 43.3 Å². The summed E-state index contributed by atoms with van der Waals surface area (Å²) in [6, 6.07) is 6.65. The van der Waals surface area contributed by atoms with Gasteiger partial charge < -0.3 is 19.5 Å². The van der Waals surface area contributed by atoms with Gasteiger partial charge in [-0.2, -0.15) is 13.2 Å². The van der Waals surface area contributed by atoms with Crippen molar-refractivity contribution in [2.24, 2.45) is 0 Å². The zero-order valence-electron chi connectivity index (χ0n) is 24.9. The summed E-state index contributed by atoms with van der Waals surface area (Å²) in [7, 11) is 0. The van der Waals surface area contributed by atoms with Crippen molar-refractivity contribution >= 4 is 16.9 Å². The number of aromatic amines is 1. The number of hydrogen-bond acceptors (Lipinski definition) is 7. The molecular formula is C32H36F3N7O2. The van der Waals surface area contributed by atoms with Crippen LogP contribution in [0.25, 0.3) is 11.0 Å². The van der Waals surface area contributed by atoms with Gasteiger partial charge in [0.15, 0.2) is 0 Å². The highest BCUT2D eigenvalue weighted by Crippen LogP contribution is 2.35. The molecular weight excluding hydrogens is 571 g/mol. The van der Waals surface area contributed by atoms with Crippen LogP contribution < -0.4 is 4.74 Å². The van der Waals surface area contributed by atoms with Crippen LogP contribution in [0.1, 0.15) is 54.3 Å². The normalized spacial score (nSPS) is 18.0. The number of carbonyl (C=O) groups is 1. The first-order chi connectivity index (χ1) is 21.2. The van der Waals surface area contributed by atoms with E-state index in [1.165, 1.54) is 6.20 Å². The number of ether oxygens (including phenoxy) is 1. The van der Waals surface area contributed by atoms with Gasteiger partial charge in [0.1, 0.15) is 17.1 Å². The van der Waals surface area contributed by atoms with E-state index in [1.807, 2.05) is 24.0 Å². The Kier molecular flexibility index (Phi) is 8.55. The Bertz CT molecular complexity index is 1630. The quantitative estimate of drug-likeness (QED) is 0.288. The minimum Gasteiger partial charge on any atom is -0.455 e. The van der Waals surface area contributed by atoms with Gasteiger partial charge in [-0.25, -0.2) is 4.98 Å². The van der Waals surface area contributed by atoms with E-state index in [9.17, 15) is 18.0 Å². The smallest absolute Gasteiger partial charge is 0.418 e. The number of piperazine rings is 1. The van der Waals surface area contributed by atoms with Crippen molar-refractivity contribution in [3.05, 3.63) is 77.1 Å². The third kappa shape index (κ3) is 6.41. The number of fused-ring (bicyclic) bond motifs is 2. The molecule has 12 heteroatoms. The summed E-state index contributed by atoms with van der Waals surface area (Å²) in [6.07, 6.45) is 2.60. The van der Waals surface area contributed by atoms with Gasteiger partial charge in [0.2, 0.25) is 5.91 Å². The number of nitrogens with one attached hydrogen (secondary N) is 1. The lowest BCUT2D eigenvalue weighted by molar-refractivity contribution is -0.139. The molecule has 44 heavy (non-hydrogen) atoms. The van der Waals surface area contributed by atoms with Gasteiger partial charge in [0.25, 0.3) is 0 Å². The molecule has 1 fully saturated rings. The van der Waals surface area contributed by atoms with Crippen LogP contribution in [-0.2, 0) is 30.5 Å². The minimum atomic E-state index is -4.56. The number of alkyl halides is 3. The first-order valence-electron chi connectivity index (χ1n) is 15.1. The van der Waals surface area contributed by atoms with Crippen LogP contribution >= 0.6 is 0 Å². The maximum absolute atomic E-state index is 14.1. The average molecular weight is 608 g/mol. The molecule has 2 aliphatic rings. The van der Waals surface area contributed by atoms with Crippen molar-refractivity contribution < 1.29 is 22.7 Å². The maximum Gasteiger partial charge on any atom is 0.418 e. The van der Waals surface area contributed by atoms with E-state index in [1.54, 1.807) is 29.6 Å². The van der Waals surface area contributed by atoms with Crippen LogP contribution in [0.3, 0.4) is 0 Å². The summed E-state index contributed by atoms with van der Waals surface area (Å²) in [6.45, 7) is 8.97. The topological polar surface area (TPSA) is 90.5 Å². The molecule has 1 N–H and O–H groups in total. The lowest BCUT2D eigenvalue weighted by atomic mass is 9.92. The van der Waals surface area contributed by atoms with Crippen molar-refractivity contribution in [3.63, 3.8) is 0 Å². The van der Waals surface area contributed by atoms with Gasteiger partial charge in [-0.1, -0.05) is 13.8 Å². The molecule has 4 aromatic heterocycles. The number of likely N-dealkylation sites (N-methyl/N-ethyl adjacent to an activating group) is 1. The molecule has 9 nitrogen and oxygen atoms in total. The second-order valence-corrected chi connectivity index (χ2v) is 11.5. The fourth-order valence-electron chi connectivity index (χ4n) is 6.10. The zero-order valence-corrected chi connectivity index (χ0v) is 24.9. The van der Waals surface area contributed by atoms with E-state index in [-0.39, 0.29) is 36.0 Å². The number of carbonyl (C=O) groups excluding carboxylic acids is 1. The Balaban J connectivity index is 1.17. The fraction of sp³-hybridized carbons (Fsp3) is 0.438. The van der Waals surface area contributed by atoms with Gasteiger partial charge in [-0.3, -0.25) is 19.7 Å². The second-order valence-electron chi connectivity index (χ2n) is 11.5. The molecule has 1 unspecified atom stereocenters. The van der Waals surface area contributed by atoms with Crippen molar-refractivity contribution in [2.75, 3.05) is 39.3 Å². The summed E-state index contributed by atoms with van der Waals surface area (Å²) in [4.78, 5) is 35.8. The van der Waals surface area contributed by atoms with E-state index in [4.69, 9.17) is 9.72 Å². The average Bonchev–Trinajstić information content (AvgIpc) is 3.51. The van der Waals surface area contributed by atoms with Gasteiger partial charge >= 0.3 is 6.18 Å². The number of aromatic nitrogens is 4. The van der Waals surface area contributed by atoms with Gasteiger partial charge in [-0.05, 0) is 48.4 Å². The van der Waals surface area contributed by atoms with Crippen molar-refractivity contribution in [3.8, 4) is 11.5 Å². The molecule has 1 amide bonds. The van der Waals surface area contributed by atoms with Gasteiger partial charge in [0, 0.05) is 70.3 Å². The summed E-state index contributed by atoms with van der Waals surface area (Å²) < 4.78 is 48.5. The standard InChI is InChI=1S/C32H36F3N7O2/c1-3-22-18-42(19-23-15-24(17-39-30(22)23)44-28-6-8-37-31-25(28)5-7-36-31)29(43)14-21-13-26(32(33,34)35)27(38-16-21)20-41-11-9-40(4-2)10-12-41/h5-8,13,15-17,22H,3-4,9-12,14,18-20H2,1-2H3,(H,36,37). The maximum atomic E-state index is 14.1. The molecule has 1 atom stereocenters. The molecule has 0 aromatic carbocycles. The van der Waals surface area contributed by atoms with E-state index < -0.39 is 11.7 Å². The van der Waals surface area contributed by atoms with Crippen molar-refractivity contribution in [2.45, 2.75) is 51.9 Å². The molecule has 2 aliphatic heterocycles. The van der Waals surface area contributed by atoms with Crippen LogP contribution in [0, 0.1) is 0 Å². The molecule has 1 saturated heterocycles. The molecule has 6 rings (SSSR count). The molecule has 232 valence electrons. The monoisotopic (exact) mass is 607 g/mol.